The van der Waals surface area contributed by atoms with Crippen molar-refractivity contribution in [2.45, 2.75) is 0 Å². The van der Waals surface area contributed by atoms with Crippen molar-refractivity contribution >= 4 is 22.8 Å². The van der Waals surface area contributed by atoms with Crippen LogP contribution in [0, 0.1) is 0 Å². The van der Waals surface area contributed by atoms with Crippen LogP contribution in [0.25, 0.3) is 0 Å². The molecular formula is C12H11O3PS. The van der Waals surface area contributed by atoms with Gasteiger partial charge >= 0.3 is 9.74 Å². The number of hydrogen-bond donors (Lipinski definition) is 0. The van der Waals surface area contributed by atoms with E-state index >= 15 is 0 Å². The molecule has 0 heterocycles. The summed E-state index contributed by atoms with van der Waals surface area (Å²) in [6, 6.07) is 17.5. The quantitative estimate of drug-likeness (QED) is 0.798. The lowest BCUT2D eigenvalue weighted by Crippen LogP contribution is -2.07. The van der Waals surface area contributed by atoms with Crippen LogP contribution in [-0.4, -0.2) is 8.42 Å². The van der Waals surface area contributed by atoms with Crippen LogP contribution in [0.5, 0.6) is 5.75 Å². The third-order valence-corrected chi connectivity index (χ3v) is 4.90. The maximum absolute atomic E-state index is 11.8. The van der Waals surface area contributed by atoms with E-state index in [1.807, 2.05) is 6.07 Å². The van der Waals surface area contributed by atoms with E-state index in [1.54, 1.807) is 54.6 Å². The summed E-state index contributed by atoms with van der Waals surface area (Å²) in [5, 5.41) is 0.739. The Kier molecular flexibility index (Phi) is 3.77. The van der Waals surface area contributed by atoms with Crippen molar-refractivity contribution in [2.75, 3.05) is 0 Å². The van der Waals surface area contributed by atoms with Crippen molar-refractivity contribution in [1.82, 2.24) is 0 Å². The van der Waals surface area contributed by atoms with E-state index in [4.69, 9.17) is 4.18 Å². The molecule has 0 N–H and O–H groups in total. The van der Waals surface area contributed by atoms with Gasteiger partial charge in [0.05, 0.1) is 7.78 Å². The van der Waals surface area contributed by atoms with E-state index < -0.39 is 17.5 Å². The van der Waals surface area contributed by atoms with Crippen LogP contribution in [0.3, 0.4) is 0 Å². The Bertz CT molecular complexity index is 520. The average Bonchev–Trinajstić information content (AvgIpc) is 2.30. The molecule has 0 radical (unpaired) electrons. The highest BCUT2D eigenvalue weighted by Gasteiger charge is 2.13. The summed E-state index contributed by atoms with van der Waals surface area (Å²) < 4.78 is 28.5. The largest absolute Gasteiger partial charge is 0.380 e. The molecule has 0 saturated carbocycles. The first-order valence-corrected chi connectivity index (χ1v) is 8.11. The molecular weight excluding hydrogens is 255 g/mol. The van der Waals surface area contributed by atoms with Gasteiger partial charge in [0.1, 0.15) is 5.75 Å². The number of para-hydroxylation sites is 1. The van der Waals surface area contributed by atoms with E-state index in [0.717, 1.165) is 5.30 Å². The van der Waals surface area contributed by atoms with Crippen LogP contribution in [0.1, 0.15) is 0 Å². The monoisotopic (exact) mass is 266 g/mol. The lowest BCUT2D eigenvalue weighted by molar-refractivity contribution is 0.504. The normalized spacial score (nSPS) is 11.8. The molecule has 3 nitrogen and oxygen atoms in total. The maximum atomic E-state index is 11.8. The summed E-state index contributed by atoms with van der Waals surface area (Å²) in [6.07, 6.45) is 0. The highest BCUT2D eigenvalue weighted by molar-refractivity contribution is 8.43. The Balaban J connectivity index is 2.11. The molecule has 1 unspecified atom stereocenters. The van der Waals surface area contributed by atoms with Crippen molar-refractivity contribution < 1.29 is 12.6 Å². The van der Waals surface area contributed by atoms with Crippen LogP contribution in [0.4, 0.5) is 0 Å². The van der Waals surface area contributed by atoms with Crippen molar-refractivity contribution in [3.63, 3.8) is 0 Å². The summed E-state index contributed by atoms with van der Waals surface area (Å²) in [5.41, 5.74) is 0. The molecule has 5 heteroatoms. The summed E-state index contributed by atoms with van der Waals surface area (Å²) in [6.45, 7) is 0. The van der Waals surface area contributed by atoms with Gasteiger partial charge in [-0.3, -0.25) is 0 Å². The first-order chi connectivity index (χ1) is 8.16. The second kappa shape index (κ2) is 5.30. The second-order valence-electron chi connectivity index (χ2n) is 3.32. The standard InChI is InChI=1S/C12H11O3PS/c13-17(14,15-11-7-3-1-4-8-11)16-12-9-5-2-6-10-12/h1-10,16H. The Hall–Kier alpha value is -1.38. The number of rotatable bonds is 4. The molecule has 2 aromatic rings. The Labute approximate surface area is 102 Å². The molecule has 0 aliphatic carbocycles. The van der Waals surface area contributed by atoms with Crippen molar-refractivity contribution in [2.24, 2.45) is 0 Å². The second-order valence-corrected chi connectivity index (χ2v) is 7.29. The van der Waals surface area contributed by atoms with Gasteiger partial charge in [0.2, 0.25) is 0 Å². The molecule has 0 saturated heterocycles. The molecule has 1 atom stereocenters. The molecule has 0 aliphatic rings. The number of hydrogen-bond acceptors (Lipinski definition) is 3. The molecule has 0 spiro atoms. The third-order valence-electron chi connectivity index (χ3n) is 1.97. The molecule has 0 bridgehead atoms. The average molecular weight is 266 g/mol. The van der Waals surface area contributed by atoms with Gasteiger partial charge in [-0.2, -0.15) is 8.42 Å². The van der Waals surface area contributed by atoms with Gasteiger partial charge in [-0.25, -0.2) is 0 Å². The van der Waals surface area contributed by atoms with Crippen molar-refractivity contribution in [3.8, 4) is 5.75 Å². The molecule has 0 amide bonds. The molecule has 88 valence electrons. The summed E-state index contributed by atoms with van der Waals surface area (Å²) in [5.74, 6) is 0.343. The summed E-state index contributed by atoms with van der Waals surface area (Å²) in [7, 11) is -3.95. The minimum absolute atomic E-state index is 0.343. The first-order valence-electron chi connectivity index (χ1n) is 4.98. The van der Waals surface area contributed by atoms with Gasteiger partial charge in [0.25, 0.3) is 0 Å². The van der Waals surface area contributed by atoms with Crippen LogP contribution < -0.4 is 9.49 Å². The Morgan fingerprint density at radius 3 is 1.94 bits per heavy atom. The first kappa shape index (κ1) is 12.1. The zero-order chi connectivity index (χ0) is 12.1. The molecule has 2 rings (SSSR count). The topological polar surface area (TPSA) is 43.4 Å². The van der Waals surface area contributed by atoms with Gasteiger partial charge in [-0.1, -0.05) is 48.5 Å². The zero-order valence-corrected chi connectivity index (χ0v) is 10.7. The van der Waals surface area contributed by atoms with Crippen LogP contribution >= 0.6 is 7.78 Å². The zero-order valence-electron chi connectivity index (χ0n) is 8.91. The molecule has 2 aromatic carbocycles. The van der Waals surface area contributed by atoms with E-state index in [2.05, 4.69) is 0 Å². The van der Waals surface area contributed by atoms with E-state index in [1.165, 1.54) is 0 Å². The fourth-order valence-corrected chi connectivity index (χ4v) is 3.99. The number of benzene rings is 2. The van der Waals surface area contributed by atoms with Crippen LogP contribution in [0.15, 0.2) is 60.7 Å². The third kappa shape index (κ3) is 3.84. The van der Waals surface area contributed by atoms with E-state index in [-0.39, 0.29) is 0 Å². The Morgan fingerprint density at radius 2 is 1.35 bits per heavy atom. The van der Waals surface area contributed by atoms with Gasteiger partial charge in [0, 0.05) is 0 Å². The van der Waals surface area contributed by atoms with Crippen molar-refractivity contribution in [1.29, 1.82) is 0 Å². The molecule has 0 fully saturated rings. The molecule has 0 aromatic heterocycles. The molecule has 0 aliphatic heterocycles. The predicted octanol–water partition coefficient (Wildman–Crippen LogP) is 2.31. The fourth-order valence-electron chi connectivity index (χ4n) is 1.27. The van der Waals surface area contributed by atoms with Gasteiger partial charge in [-0.05, 0) is 17.4 Å². The van der Waals surface area contributed by atoms with E-state index in [9.17, 15) is 8.42 Å². The van der Waals surface area contributed by atoms with Crippen LogP contribution in [0.2, 0.25) is 0 Å². The van der Waals surface area contributed by atoms with E-state index in [0.29, 0.717) is 5.75 Å². The lowest BCUT2D eigenvalue weighted by Gasteiger charge is -2.06. The summed E-state index contributed by atoms with van der Waals surface area (Å²) in [4.78, 5) is 0. The minimum Gasteiger partial charge on any atom is -0.380 e. The van der Waals surface area contributed by atoms with Gasteiger partial charge < -0.3 is 4.18 Å². The predicted molar refractivity (Wildman–Crippen MR) is 70.4 cm³/mol. The Morgan fingerprint density at radius 1 is 0.824 bits per heavy atom. The minimum atomic E-state index is -3.56. The highest BCUT2D eigenvalue weighted by Crippen LogP contribution is 2.24. The highest BCUT2D eigenvalue weighted by atomic mass is 32.8. The van der Waals surface area contributed by atoms with Gasteiger partial charge in [-0.15, -0.1) is 0 Å². The summed E-state index contributed by atoms with van der Waals surface area (Å²) >= 11 is 0. The van der Waals surface area contributed by atoms with Crippen molar-refractivity contribution in [3.05, 3.63) is 60.7 Å². The van der Waals surface area contributed by atoms with Gasteiger partial charge in [0.15, 0.2) is 0 Å². The van der Waals surface area contributed by atoms with Crippen LogP contribution in [-0.2, 0) is 9.74 Å². The lowest BCUT2D eigenvalue weighted by atomic mass is 10.3. The fraction of sp³-hybridized carbons (Fsp3) is 0. The maximum Gasteiger partial charge on any atom is 0.326 e. The SMILES string of the molecule is O=S(=O)(Oc1ccccc1)Pc1ccccc1. The molecule has 17 heavy (non-hydrogen) atoms. The smallest absolute Gasteiger partial charge is 0.326 e.